The van der Waals surface area contributed by atoms with Gasteiger partial charge in [0.05, 0.1) is 22.8 Å². The first kappa shape index (κ1) is 36.4. The fraction of sp³-hybridized carbons (Fsp3) is 0.459. The zero-order valence-electron chi connectivity index (χ0n) is 29.6. The van der Waals surface area contributed by atoms with E-state index in [-0.39, 0.29) is 35.5 Å². The van der Waals surface area contributed by atoms with Crippen molar-refractivity contribution in [2.24, 2.45) is 0 Å². The third-order valence-corrected chi connectivity index (χ3v) is 19.1. The van der Waals surface area contributed by atoms with Crippen molar-refractivity contribution in [3.63, 3.8) is 0 Å². The summed E-state index contributed by atoms with van der Waals surface area (Å²) in [6, 6.07) is 14.5. The van der Waals surface area contributed by atoms with Crippen molar-refractivity contribution in [3.05, 3.63) is 70.8 Å². The van der Waals surface area contributed by atoms with Gasteiger partial charge in [-0.3, -0.25) is 0 Å². The van der Waals surface area contributed by atoms with Crippen molar-refractivity contribution in [2.45, 2.75) is 96.6 Å². The van der Waals surface area contributed by atoms with Crippen LogP contribution in [0.2, 0.25) is 36.3 Å². The summed E-state index contributed by atoms with van der Waals surface area (Å²) >= 11 is 0. The molecule has 2 aliphatic heterocycles. The Morgan fingerprint density at radius 1 is 0.609 bits per heavy atom. The molecule has 240 valence electrons. The minimum absolute atomic E-state index is 0. The predicted octanol–water partition coefficient (Wildman–Crippen LogP) is 9.82. The maximum atomic E-state index is 6.74. The molecular weight excluding hydrogens is 654 g/mol. The van der Waals surface area contributed by atoms with Gasteiger partial charge >= 0.3 is 19.5 Å². The van der Waals surface area contributed by atoms with E-state index >= 15 is 0 Å². The Morgan fingerprint density at radius 3 is 1.35 bits per heavy atom. The topological polar surface area (TPSA) is 72.4 Å². The Labute approximate surface area is 290 Å². The zero-order valence-corrected chi connectivity index (χ0v) is 34.5. The van der Waals surface area contributed by atoms with Crippen LogP contribution in [0.25, 0.3) is 46.4 Å². The van der Waals surface area contributed by atoms with Gasteiger partial charge in [-0.15, -0.1) is 22.1 Å². The summed E-state index contributed by atoms with van der Waals surface area (Å²) in [6.07, 6.45) is 9.85. The van der Waals surface area contributed by atoms with E-state index in [0.29, 0.717) is 13.2 Å². The summed E-state index contributed by atoms with van der Waals surface area (Å²) in [5.41, 5.74) is 8.37. The van der Waals surface area contributed by atoms with Crippen LogP contribution in [-0.4, -0.2) is 39.8 Å². The average Bonchev–Trinajstić information content (AvgIpc) is 3.73. The van der Waals surface area contributed by atoms with Gasteiger partial charge in [-0.25, -0.2) is 9.97 Å². The second-order valence-corrected chi connectivity index (χ2v) is 25.1. The maximum absolute atomic E-state index is 6.74. The van der Waals surface area contributed by atoms with Gasteiger partial charge in [0.1, 0.15) is 0 Å². The van der Waals surface area contributed by atoms with Gasteiger partial charge in [-0.1, -0.05) is 83.5 Å². The van der Waals surface area contributed by atoms with Gasteiger partial charge in [0.2, 0.25) is 0 Å². The fourth-order valence-corrected chi connectivity index (χ4v) is 7.23. The molecular formula is C37H50N4O2Si2Zn. The third kappa shape index (κ3) is 8.53. The Balaban J connectivity index is 0.00000480. The molecule has 0 aliphatic carbocycles. The molecule has 0 spiro atoms. The SMILES string of the molecule is CC(C)(C)[Si](C)(C)OCCC(CCO[Si](C)(C)C(C)(C)C)c1c2ccc(cc3nc(cc4nc(cc5ccc1[n-]5)C=C4)C=C3)[n-]2.[Zn+2]. The van der Waals surface area contributed by atoms with Crippen LogP contribution in [0.1, 0.15) is 88.6 Å². The van der Waals surface area contributed by atoms with E-state index in [9.17, 15) is 0 Å². The third-order valence-electron chi connectivity index (χ3n) is 10.0. The average molecular weight is 704 g/mol. The van der Waals surface area contributed by atoms with Crippen LogP contribution in [0.4, 0.5) is 0 Å². The Bertz CT molecular complexity index is 1630. The standard InChI is InChI=1S/C37H50N4O2Si2.Zn/c1-36(2,3)44(7,8)42-21-19-26(20-22-43-45(9,10)37(4,5)6)35-33-17-15-31(40-33)24-29-13-11-27(38-29)23-28-12-14-30(39-28)25-32-16-18-34(35)41-32;/h11-18,23-26H,19-22H2,1-10H3;/q-2;+2. The van der Waals surface area contributed by atoms with Gasteiger partial charge in [0.25, 0.3) is 0 Å². The van der Waals surface area contributed by atoms with Crippen LogP contribution in [0, 0.1) is 0 Å². The molecule has 0 saturated heterocycles. The van der Waals surface area contributed by atoms with Crippen molar-refractivity contribution in [1.29, 1.82) is 0 Å². The minimum Gasteiger partial charge on any atom is -0.658 e. The summed E-state index contributed by atoms with van der Waals surface area (Å²) in [5.74, 6) is 0.158. The van der Waals surface area contributed by atoms with Crippen LogP contribution in [0.5, 0.6) is 0 Å². The maximum Gasteiger partial charge on any atom is 2.00 e. The molecule has 3 aromatic rings. The first-order valence-corrected chi connectivity index (χ1v) is 22.1. The molecule has 0 atom stereocenters. The molecule has 0 amide bonds. The molecule has 2 aliphatic rings. The minimum atomic E-state index is -1.91. The Morgan fingerprint density at radius 2 is 0.978 bits per heavy atom. The van der Waals surface area contributed by atoms with Crippen LogP contribution in [0.15, 0.2) is 42.5 Å². The molecule has 3 aromatic heterocycles. The van der Waals surface area contributed by atoms with Gasteiger partial charge < -0.3 is 18.8 Å². The molecule has 0 unspecified atom stereocenters. The van der Waals surface area contributed by atoms with Crippen molar-refractivity contribution < 1.29 is 28.3 Å². The molecule has 5 rings (SSSR count). The van der Waals surface area contributed by atoms with Crippen molar-refractivity contribution in [2.75, 3.05) is 13.2 Å². The molecule has 0 fully saturated rings. The van der Waals surface area contributed by atoms with Crippen molar-refractivity contribution >= 4 is 63.0 Å². The molecule has 0 aromatic carbocycles. The summed E-state index contributed by atoms with van der Waals surface area (Å²) in [5, 5.41) is 0.306. The van der Waals surface area contributed by atoms with Crippen molar-refractivity contribution in [1.82, 2.24) is 19.9 Å². The summed E-state index contributed by atoms with van der Waals surface area (Å²) in [4.78, 5) is 19.9. The largest absolute Gasteiger partial charge is 2.00 e. The van der Waals surface area contributed by atoms with Crippen LogP contribution in [0.3, 0.4) is 0 Å². The zero-order chi connectivity index (χ0) is 32.6. The van der Waals surface area contributed by atoms with E-state index in [4.69, 9.17) is 28.8 Å². The number of fused-ring (bicyclic) bond motifs is 8. The fourth-order valence-electron chi connectivity index (χ4n) is 5.11. The molecule has 0 saturated carbocycles. The molecule has 8 bridgehead atoms. The number of nitrogens with zero attached hydrogens (tertiary/aromatic N) is 4. The van der Waals surface area contributed by atoms with Gasteiger partial charge in [-0.2, -0.15) is 0 Å². The normalized spacial score (nSPS) is 13.8. The van der Waals surface area contributed by atoms with Gasteiger partial charge in [-0.05, 0) is 85.4 Å². The van der Waals surface area contributed by atoms with E-state index in [2.05, 4.69) is 92.0 Å². The van der Waals surface area contributed by atoms with Crippen LogP contribution >= 0.6 is 0 Å². The molecule has 5 heterocycles. The smallest absolute Gasteiger partial charge is 0.658 e. The molecule has 6 nitrogen and oxygen atoms in total. The number of rotatable bonds is 9. The van der Waals surface area contributed by atoms with E-state index in [1.165, 1.54) is 0 Å². The van der Waals surface area contributed by atoms with E-state index < -0.39 is 16.6 Å². The molecule has 0 N–H and O–H groups in total. The quantitative estimate of drug-likeness (QED) is 0.142. The second kappa shape index (κ2) is 14.0. The van der Waals surface area contributed by atoms with Gasteiger partial charge in [0.15, 0.2) is 16.6 Å². The van der Waals surface area contributed by atoms with E-state index in [1.807, 2.05) is 42.5 Å². The van der Waals surface area contributed by atoms with E-state index in [1.54, 1.807) is 0 Å². The Hall–Kier alpha value is -2.42. The van der Waals surface area contributed by atoms with Crippen LogP contribution in [-0.2, 0) is 28.3 Å². The van der Waals surface area contributed by atoms with Crippen molar-refractivity contribution in [3.8, 4) is 0 Å². The Kier molecular flexibility index (Phi) is 11.1. The monoisotopic (exact) mass is 702 g/mol. The number of hydrogen-bond acceptors (Lipinski definition) is 4. The number of hydrogen-bond donors (Lipinski definition) is 0. The van der Waals surface area contributed by atoms with Gasteiger partial charge in [0, 0.05) is 13.2 Å². The number of aromatic nitrogens is 4. The second-order valence-electron chi connectivity index (χ2n) is 15.4. The molecule has 9 heteroatoms. The summed E-state index contributed by atoms with van der Waals surface area (Å²) in [7, 11) is -3.82. The predicted molar refractivity (Wildman–Crippen MR) is 195 cm³/mol. The summed E-state index contributed by atoms with van der Waals surface area (Å²) in [6.45, 7) is 24.5. The first-order valence-electron chi connectivity index (χ1n) is 16.3. The molecule has 46 heavy (non-hydrogen) atoms. The van der Waals surface area contributed by atoms with E-state index in [0.717, 1.165) is 63.2 Å². The first-order chi connectivity index (χ1) is 21.0. The summed E-state index contributed by atoms with van der Waals surface area (Å²) < 4.78 is 13.5. The molecule has 0 radical (unpaired) electrons. The van der Waals surface area contributed by atoms with Crippen LogP contribution < -0.4 is 9.97 Å².